The molecule has 278 valence electrons. The van der Waals surface area contributed by atoms with Crippen molar-refractivity contribution in [2.24, 2.45) is 46.3 Å². The van der Waals surface area contributed by atoms with Gasteiger partial charge in [0.1, 0.15) is 0 Å². The van der Waals surface area contributed by atoms with Crippen molar-refractivity contribution in [3.8, 4) is 0 Å². The Hall–Kier alpha value is 0. The van der Waals surface area contributed by atoms with Gasteiger partial charge in [-0.25, -0.2) is 0 Å². The smallest absolute Gasteiger partial charge is 0.0213 e. The molecule has 0 heteroatoms. The van der Waals surface area contributed by atoms with E-state index >= 15 is 0 Å². The summed E-state index contributed by atoms with van der Waals surface area (Å²) in [5, 5.41) is 0. The van der Waals surface area contributed by atoms with Gasteiger partial charge in [-0.3, -0.25) is 0 Å². The average Bonchev–Trinajstić information content (AvgIpc) is 3.02. The topological polar surface area (TPSA) is 0 Å². The minimum atomic E-state index is 0.484. The minimum absolute atomic E-state index is 0.484. The predicted octanol–water partition coefficient (Wildman–Crippen LogP) is 17.0. The van der Waals surface area contributed by atoms with Crippen LogP contribution in [0, 0.1) is 46.3 Å². The maximum absolute atomic E-state index is 2.78. The van der Waals surface area contributed by atoms with E-state index in [0.29, 0.717) is 10.8 Å². The van der Waals surface area contributed by atoms with Crippen molar-refractivity contribution in [3.63, 3.8) is 0 Å². The third kappa shape index (κ3) is 18.7. The molecule has 0 amide bonds. The second kappa shape index (κ2) is 27.8. The Labute approximate surface area is 295 Å². The molecule has 0 rings (SSSR count). The molecule has 0 aliphatic rings. The van der Waals surface area contributed by atoms with Crippen molar-refractivity contribution in [2.45, 2.75) is 250 Å². The molecule has 0 saturated carbocycles. The first-order chi connectivity index (χ1) is 22.0. The second-order valence-corrected chi connectivity index (χ2v) is 17.9. The summed E-state index contributed by atoms with van der Waals surface area (Å²) in [6.45, 7) is 30.0. The monoisotopic (exact) mass is 647 g/mol. The van der Waals surface area contributed by atoms with Gasteiger partial charge in [-0.05, 0) is 84.9 Å². The van der Waals surface area contributed by atoms with Crippen molar-refractivity contribution in [1.82, 2.24) is 0 Å². The van der Waals surface area contributed by atoms with Gasteiger partial charge in [0.15, 0.2) is 0 Å². The summed E-state index contributed by atoms with van der Waals surface area (Å²) in [4.78, 5) is 0. The molecule has 0 bridgehead atoms. The zero-order chi connectivity index (χ0) is 34.8. The fourth-order valence-corrected chi connectivity index (χ4v) is 9.35. The lowest BCUT2D eigenvalue weighted by molar-refractivity contribution is -0.0785. The van der Waals surface area contributed by atoms with Crippen LogP contribution in [0.1, 0.15) is 250 Å². The van der Waals surface area contributed by atoms with Crippen LogP contribution in [-0.2, 0) is 0 Å². The van der Waals surface area contributed by atoms with E-state index in [1.54, 1.807) is 0 Å². The van der Waals surface area contributed by atoms with Gasteiger partial charge in [0.2, 0.25) is 0 Å². The summed E-state index contributed by atoms with van der Waals surface area (Å²) in [5.74, 6) is 5.13. The zero-order valence-electron chi connectivity index (χ0n) is 34.8. The van der Waals surface area contributed by atoms with E-state index in [-0.39, 0.29) is 0 Å². The first-order valence-electron chi connectivity index (χ1n) is 22.0. The third-order valence-corrected chi connectivity index (χ3v) is 13.0. The maximum Gasteiger partial charge on any atom is -0.0213 e. The number of unbranched alkanes of at least 4 members (excludes halogenated alkanes) is 7. The molecule has 0 aromatic rings. The highest BCUT2D eigenvalue weighted by molar-refractivity contribution is 5.02. The molecule has 0 aromatic heterocycles. The van der Waals surface area contributed by atoms with Crippen LogP contribution in [0.5, 0.6) is 0 Å². The van der Waals surface area contributed by atoms with Gasteiger partial charge in [-0.1, -0.05) is 212 Å². The predicted molar refractivity (Wildman–Crippen MR) is 214 cm³/mol. The Bertz CT molecular complexity index is 646. The van der Waals surface area contributed by atoms with Crippen LogP contribution in [0.2, 0.25) is 0 Å². The highest BCUT2D eigenvalue weighted by Gasteiger charge is 2.52. The standard InChI is InChI=1S/C46H94/c1-13-18-21-23-28-42(11)29-24-25-30-43(12)46(35-20-15-3,38-41(10)16-4)45(36-32-40(8)9,34-26-27-39(6)7)37-33-44(17-5)31-22-19-14-2/h39-44H,13-38H2,1-12H3. The largest absolute Gasteiger partial charge is 0.0654 e. The molecule has 6 atom stereocenters. The average molecular weight is 647 g/mol. The number of rotatable bonds is 33. The van der Waals surface area contributed by atoms with Gasteiger partial charge in [-0.2, -0.15) is 0 Å². The molecular weight excluding hydrogens is 553 g/mol. The second-order valence-electron chi connectivity index (χ2n) is 17.9. The summed E-state index contributed by atoms with van der Waals surface area (Å²) in [5.41, 5.74) is 0.979. The van der Waals surface area contributed by atoms with Crippen LogP contribution in [0.4, 0.5) is 0 Å². The molecule has 0 aliphatic heterocycles. The van der Waals surface area contributed by atoms with E-state index in [0.717, 1.165) is 35.5 Å². The number of hydrogen-bond acceptors (Lipinski definition) is 0. The Morgan fingerprint density at radius 2 is 0.935 bits per heavy atom. The highest BCUT2D eigenvalue weighted by Crippen LogP contribution is 2.62. The van der Waals surface area contributed by atoms with Crippen LogP contribution in [0.3, 0.4) is 0 Å². The molecule has 6 unspecified atom stereocenters. The lowest BCUT2D eigenvalue weighted by Gasteiger charge is -2.57. The molecule has 0 heterocycles. The van der Waals surface area contributed by atoms with E-state index in [1.165, 1.54) is 167 Å². The van der Waals surface area contributed by atoms with Crippen molar-refractivity contribution < 1.29 is 0 Å². The Kier molecular flexibility index (Phi) is 27.8. The van der Waals surface area contributed by atoms with Crippen molar-refractivity contribution in [2.75, 3.05) is 0 Å². The van der Waals surface area contributed by atoms with E-state index in [2.05, 4.69) is 83.1 Å². The van der Waals surface area contributed by atoms with Gasteiger partial charge in [-0.15, -0.1) is 0 Å². The molecular formula is C46H94. The van der Waals surface area contributed by atoms with Crippen molar-refractivity contribution in [1.29, 1.82) is 0 Å². The summed E-state index contributed by atoms with van der Waals surface area (Å²) in [6, 6.07) is 0. The molecule has 0 saturated heterocycles. The van der Waals surface area contributed by atoms with Crippen LogP contribution >= 0.6 is 0 Å². The highest BCUT2D eigenvalue weighted by atomic mass is 14.6. The third-order valence-electron chi connectivity index (χ3n) is 13.0. The molecule has 0 aromatic carbocycles. The molecule has 46 heavy (non-hydrogen) atoms. The van der Waals surface area contributed by atoms with Gasteiger partial charge >= 0.3 is 0 Å². The van der Waals surface area contributed by atoms with Crippen LogP contribution < -0.4 is 0 Å². The Balaban J connectivity index is 6.56. The Morgan fingerprint density at radius 3 is 1.50 bits per heavy atom. The summed E-state index contributed by atoms with van der Waals surface area (Å²) < 4.78 is 0. The molecule has 0 spiro atoms. The van der Waals surface area contributed by atoms with Crippen LogP contribution in [0.25, 0.3) is 0 Å². The summed E-state index contributed by atoms with van der Waals surface area (Å²) in [7, 11) is 0. The van der Waals surface area contributed by atoms with E-state index < -0.39 is 0 Å². The maximum atomic E-state index is 2.78. The normalized spacial score (nSPS) is 17.6. The lowest BCUT2D eigenvalue weighted by Crippen LogP contribution is -2.48. The quantitative estimate of drug-likeness (QED) is 0.0622. The molecule has 0 fully saturated rings. The molecule has 0 N–H and O–H groups in total. The van der Waals surface area contributed by atoms with E-state index in [4.69, 9.17) is 0 Å². The molecule has 0 aliphatic carbocycles. The SMILES string of the molecule is CCCCCCC(C)CCCCC(C)C(CCCC)(CC(C)CC)C(CCCC(C)C)(CCC(C)C)CCC(CC)CCCCC. The summed E-state index contributed by atoms with van der Waals surface area (Å²) in [6.07, 6.45) is 37.3. The first kappa shape index (κ1) is 46.0. The first-order valence-corrected chi connectivity index (χ1v) is 22.0. The van der Waals surface area contributed by atoms with Gasteiger partial charge < -0.3 is 0 Å². The fourth-order valence-electron chi connectivity index (χ4n) is 9.35. The zero-order valence-corrected chi connectivity index (χ0v) is 34.8. The van der Waals surface area contributed by atoms with E-state index in [9.17, 15) is 0 Å². The molecule has 0 radical (unpaired) electrons. The van der Waals surface area contributed by atoms with Gasteiger partial charge in [0.25, 0.3) is 0 Å². The lowest BCUT2D eigenvalue weighted by atomic mass is 9.47. The van der Waals surface area contributed by atoms with Crippen molar-refractivity contribution in [3.05, 3.63) is 0 Å². The van der Waals surface area contributed by atoms with E-state index in [1.807, 2.05) is 0 Å². The molecule has 0 nitrogen and oxygen atoms in total. The van der Waals surface area contributed by atoms with Crippen LogP contribution in [0.15, 0.2) is 0 Å². The van der Waals surface area contributed by atoms with Crippen molar-refractivity contribution >= 4 is 0 Å². The van der Waals surface area contributed by atoms with Gasteiger partial charge in [0.05, 0.1) is 0 Å². The minimum Gasteiger partial charge on any atom is -0.0654 e. The summed E-state index contributed by atoms with van der Waals surface area (Å²) >= 11 is 0. The number of hydrogen-bond donors (Lipinski definition) is 0. The fraction of sp³-hybridized carbons (Fsp3) is 1.00. The Morgan fingerprint density at radius 1 is 0.391 bits per heavy atom. The van der Waals surface area contributed by atoms with Gasteiger partial charge in [0, 0.05) is 0 Å². The van der Waals surface area contributed by atoms with Crippen LogP contribution in [-0.4, -0.2) is 0 Å².